The molecule has 0 aromatic carbocycles. The van der Waals surface area contributed by atoms with Gasteiger partial charge in [-0.05, 0) is 32.1 Å². The lowest BCUT2D eigenvalue weighted by Crippen LogP contribution is -2.37. The van der Waals surface area contributed by atoms with E-state index in [1.54, 1.807) is 0 Å². The number of carbonyl (C=O) groups excluding carboxylic acids is 1. The van der Waals surface area contributed by atoms with Crippen molar-refractivity contribution in [3.63, 3.8) is 0 Å². The predicted octanol–water partition coefficient (Wildman–Crippen LogP) is 2.00. The standard InChI is InChI=1S/C12H20O3/c1-3-14-12(13)9-5-4-6-10-11(9)8(2)7-15-10/h8-11H,3-7H2,1-2H3/t8-,9+,10+,11-/m1/s1. The van der Waals surface area contributed by atoms with E-state index in [4.69, 9.17) is 9.47 Å². The number of esters is 1. The van der Waals surface area contributed by atoms with Gasteiger partial charge < -0.3 is 9.47 Å². The molecule has 1 saturated carbocycles. The summed E-state index contributed by atoms with van der Waals surface area (Å²) in [5, 5.41) is 0. The maximum absolute atomic E-state index is 11.8. The topological polar surface area (TPSA) is 35.5 Å². The Morgan fingerprint density at radius 1 is 1.47 bits per heavy atom. The fourth-order valence-corrected chi connectivity index (χ4v) is 3.05. The van der Waals surface area contributed by atoms with Crippen molar-refractivity contribution >= 4 is 5.97 Å². The number of hydrogen-bond acceptors (Lipinski definition) is 3. The number of ether oxygens (including phenoxy) is 2. The van der Waals surface area contributed by atoms with Gasteiger partial charge in [0, 0.05) is 12.5 Å². The van der Waals surface area contributed by atoms with Crippen LogP contribution >= 0.6 is 0 Å². The molecule has 3 heteroatoms. The number of hydrogen-bond donors (Lipinski definition) is 0. The molecule has 2 fully saturated rings. The Labute approximate surface area is 91.1 Å². The molecular formula is C12H20O3. The molecule has 2 aliphatic rings. The van der Waals surface area contributed by atoms with E-state index < -0.39 is 0 Å². The minimum atomic E-state index is -0.00968. The fourth-order valence-electron chi connectivity index (χ4n) is 3.05. The largest absolute Gasteiger partial charge is 0.466 e. The Hall–Kier alpha value is -0.570. The van der Waals surface area contributed by atoms with Gasteiger partial charge in [0.1, 0.15) is 0 Å². The molecule has 4 atom stereocenters. The summed E-state index contributed by atoms with van der Waals surface area (Å²) in [6, 6.07) is 0. The molecule has 1 saturated heterocycles. The van der Waals surface area contributed by atoms with E-state index in [9.17, 15) is 4.79 Å². The highest BCUT2D eigenvalue weighted by atomic mass is 16.5. The molecule has 0 aromatic rings. The van der Waals surface area contributed by atoms with Crippen molar-refractivity contribution in [2.75, 3.05) is 13.2 Å². The maximum atomic E-state index is 11.8. The normalized spacial score (nSPS) is 39.9. The van der Waals surface area contributed by atoms with Crippen LogP contribution in [0.15, 0.2) is 0 Å². The molecule has 0 bridgehead atoms. The minimum Gasteiger partial charge on any atom is -0.466 e. The zero-order chi connectivity index (χ0) is 10.8. The fraction of sp³-hybridized carbons (Fsp3) is 0.917. The van der Waals surface area contributed by atoms with E-state index in [0.717, 1.165) is 25.9 Å². The molecule has 1 aliphatic carbocycles. The van der Waals surface area contributed by atoms with Crippen molar-refractivity contribution in [1.29, 1.82) is 0 Å². The Bertz CT molecular complexity index is 237. The predicted molar refractivity (Wildman–Crippen MR) is 56.4 cm³/mol. The summed E-state index contributed by atoms with van der Waals surface area (Å²) in [4.78, 5) is 11.8. The van der Waals surface area contributed by atoms with Gasteiger partial charge in [0.05, 0.1) is 18.6 Å². The average Bonchev–Trinajstić information content (AvgIpc) is 2.61. The first-order valence-corrected chi connectivity index (χ1v) is 6.02. The second kappa shape index (κ2) is 4.52. The molecule has 15 heavy (non-hydrogen) atoms. The Morgan fingerprint density at radius 2 is 2.27 bits per heavy atom. The SMILES string of the molecule is CCOC(=O)[C@H]1CCC[C@@H]2OC[C@@H](C)[C@@H]21. The lowest BCUT2D eigenvalue weighted by Gasteiger charge is -2.32. The molecule has 1 heterocycles. The summed E-state index contributed by atoms with van der Waals surface area (Å²) < 4.78 is 10.9. The number of carbonyl (C=O) groups is 1. The summed E-state index contributed by atoms with van der Waals surface area (Å²) in [6.45, 7) is 5.35. The smallest absolute Gasteiger partial charge is 0.309 e. The van der Waals surface area contributed by atoms with E-state index in [0.29, 0.717) is 24.5 Å². The van der Waals surface area contributed by atoms with Crippen molar-refractivity contribution < 1.29 is 14.3 Å². The zero-order valence-corrected chi connectivity index (χ0v) is 9.57. The van der Waals surface area contributed by atoms with E-state index in [2.05, 4.69) is 6.92 Å². The van der Waals surface area contributed by atoms with Crippen LogP contribution in [-0.2, 0) is 14.3 Å². The van der Waals surface area contributed by atoms with Gasteiger partial charge in [-0.25, -0.2) is 0 Å². The minimum absolute atomic E-state index is 0.00968. The average molecular weight is 212 g/mol. The zero-order valence-electron chi connectivity index (χ0n) is 9.57. The molecule has 0 aromatic heterocycles. The van der Waals surface area contributed by atoms with Gasteiger partial charge >= 0.3 is 5.97 Å². The summed E-state index contributed by atoms with van der Waals surface area (Å²) >= 11 is 0. The third-order valence-corrected chi connectivity index (χ3v) is 3.72. The van der Waals surface area contributed by atoms with Gasteiger partial charge in [0.15, 0.2) is 0 Å². The monoisotopic (exact) mass is 212 g/mol. The highest BCUT2D eigenvalue weighted by Crippen LogP contribution is 2.42. The highest BCUT2D eigenvalue weighted by molar-refractivity contribution is 5.73. The molecule has 0 radical (unpaired) electrons. The van der Waals surface area contributed by atoms with E-state index in [1.807, 2.05) is 6.92 Å². The first kappa shape index (κ1) is 10.9. The lowest BCUT2D eigenvalue weighted by molar-refractivity contribution is -0.153. The van der Waals surface area contributed by atoms with E-state index in [-0.39, 0.29) is 11.9 Å². The van der Waals surface area contributed by atoms with Gasteiger partial charge in [-0.1, -0.05) is 6.92 Å². The third kappa shape index (κ3) is 2.03. The van der Waals surface area contributed by atoms with Crippen LogP contribution in [0, 0.1) is 17.8 Å². The van der Waals surface area contributed by atoms with Crippen molar-refractivity contribution in [3.05, 3.63) is 0 Å². The number of fused-ring (bicyclic) bond motifs is 1. The summed E-state index contributed by atoms with van der Waals surface area (Å²) in [5.74, 6) is 0.980. The maximum Gasteiger partial charge on any atom is 0.309 e. The van der Waals surface area contributed by atoms with Crippen LogP contribution in [0.5, 0.6) is 0 Å². The van der Waals surface area contributed by atoms with Crippen LogP contribution < -0.4 is 0 Å². The van der Waals surface area contributed by atoms with Crippen LogP contribution in [0.4, 0.5) is 0 Å². The lowest BCUT2D eigenvalue weighted by atomic mass is 9.73. The van der Waals surface area contributed by atoms with Crippen LogP contribution in [0.25, 0.3) is 0 Å². The van der Waals surface area contributed by atoms with Gasteiger partial charge in [0.25, 0.3) is 0 Å². The molecule has 0 unspecified atom stereocenters. The van der Waals surface area contributed by atoms with Crippen LogP contribution in [0.3, 0.4) is 0 Å². The Balaban J connectivity index is 2.06. The second-order valence-electron chi connectivity index (χ2n) is 4.72. The molecule has 0 N–H and O–H groups in total. The Morgan fingerprint density at radius 3 is 3.00 bits per heavy atom. The molecule has 0 spiro atoms. The molecule has 86 valence electrons. The molecule has 2 rings (SSSR count). The quantitative estimate of drug-likeness (QED) is 0.657. The van der Waals surface area contributed by atoms with E-state index in [1.165, 1.54) is 0 Å². The van der Waals surface area contributed by atoms with Crippen molar-refractivity contribution in [2.24, 2.45) is 17.8 Å². The molecule has 3 nitrogen and oxygen atoms in total. The van der Waals surface area contributed by atoms with Gasteiger partial charge in [0.2, 0.25) is 0 Å². The van der Waals surface area contributed by atoms with Gasteiger partial charge in [-0.3, -0.25) is 4.79 Å². The Kier molecular flexibility index (Phi) is 3.29. The molecular weight excluding hydrogens is 192 g/mol. The molecule has 0 amide bonds. The van der Waals surface area contributed by atoms with Crippen LogP contribution in [0.2, 0.25) is 0 Å². The second-order valence-corrected chi connectivity index (χ2v) is 4.72. The highest BCUT2D eigenvalue weighted by Gasteiger charge is 2.45. The summed E-state index contributed by atoms with van der Waals surface area (Å²) in [7, 11) is 0. The first-order valence-electron chi connectivity index (χ1n) is 6.02. The van der Waals surface area contributed by atoms with Crippen LogP contribution in [0.1, 0.15) is 33.1 Å². The third-order valence-electron chi connectivity index (χ3n) is 3.72. The van der Waals surface area contributed by atoms with Crippen molar-refractivity contribution in [2.45, 2.75) is 39.2 Å². The van der Waals surface area contributed by atoms with E-state index >= 15 is 0 Å². The van der Waals surface area contributed by atoms with Crippen molar-refractivity contribution in [3.8, 4) is 0 Å². The number of rotatable bonds is 2. The molecule has 1 aliphatic heterocycles. The van der Waals surface area contributed by atoms with Crippen molar-refractivity contribution in [1.82, 2.24) is 0 Å². The van der Waals surface area contributed by atoms with Gasteiger partial charge in [-0.2, -0.15) is 0 Å². The summed E-state index contributed by atoms with van der Waals surface area (Å²) in [6.07, 6.45) is 3.50. The van der Waals surface area contributed by atoms with Gasteiger partial charge in [-0.15, -0.1) is 0 Å². The summed E-state index contributed by atoms with van der Waals surface area (Å²) in [5.41, 5.74) is 0. The first-order chi connectivity index (χ1) is 7.24. The van der Waals surface area contributed by atoms with Crippen LogP contribution in [-0.4, -0.2) is 25.3 Å².